The molecular weight excluding hydrogens is 230 g/mol. The van der Waals surface area contributed by atoms with Crippen molar-refractivity contribution in [2.45, 2.75) is 25.4 Å². The van der Waals surface area contributed by atoms with E-state index in [-0.39, 0.29) is 18.7 Å². The summed E-state index contributed by atoms with van der Waals surface area (Å²) in [5.74, 6) is 0. The van der Waals surface area contributed by atoms with Crippen LogP contribution in [0.3, 0.4) is 0 Å². The van der Waals surface area contributed by atoms with Crippen LogP contribution in [-0.2, 0) is 4.74 Å². The Morgan fingerprint density at radius 3 is 3.06 bits per heavy atom. The number of morpholine rings is 1. The minimum absolute atomic E-state index is 0.00243. The van der Waals surface area contributed by atoms with Gasteiger partial charge in [0.1, 0.15) is 0 Å². The Bertz CT molecular complexity index is 369. The first-order chi connectivity index (χ1) is 8.76. The molecule has 2 heterocycles. The highest BCUT2D eigenvalue weighted by Crippen LogP contribution is 2.20. The van der Waals surface area contributed by atoms with Crippen LogP contribution in [0.25, 0.3) is 0 Å². The highest BCUT2D eigenvalue weighted by atomic mass is 16.5. The predicted molar refractivity (Wildman–Crippen MR) is 70.5 cm³/mol. The van der Waals surface area contributed by atoms with E-state index in [0.29, 0.717) is 13.2 Å². The lowest BCUT2D eigenvalue weighted by atomic mass is 10.1. The van der Waals surface area contributed by atoms with Crippen molar-refractivity contribution < 1.29 is 9.84 Å². The number of ether oxygens (including phenoxy) is 1. The average Bonchev–Trinajstić information content (AvgIpc) is 2.46. The van der Waals surface area contributed by atoms with E-state index < -0.39 is 0 Å². The van der Waals surface area contributed by atoms with Crippen molar-refractivity contribution in [3.63, 3.8) is 0 Å². The van der Waals surface area contributed by atoms with Crippen molar-refractivity contribution in [1.82, 2.24) is 4.98 Å². The zero-order chi connectivity index (χ0) is 13.0. The van der Waals surface area contributed by atoms with Crippen LogP contribution in [0.15, 0.2) is 18.3 Å². The van der Waals surface area contributed by atoms with Gasteiger partial charge in [0.2, 0.25) is 0 Å². The van der Waals surface area contributed by atoms with E-state index in [4.69, 9.17) is 10.5 Å². The normalized spacial score (nSPS) is 21.9. The summed E-state index contributed by atoms with van der Waals surface area (Å²) in [5, 5.41) is 9.34. The van der Waals surface area contributed by atoms with Gasteiger partial charge in [0.25, 0.3) is 0 Å². The second-order valence-electron chi connectivity index (χ2n) is 4.56. The van der Waals surface area contributed by atoms with Gasteiger partial charge in [-0.05, 0) is 18.6 Å². The first kappa shape index (κ1) is 13.3. The summed E-state index contributed by atoms with van der Waals surface area (Å²) in [5.41, 5.74) is 7.87. The molecule has 1 unspecified atom stereocenters. The lowest BCUT2D eigenvalue weighted by Crippen LogP contribution is -2.47. The molecule has 2 atom stereocenters. The van der Waals surface area contributed by atoms with E-state index in [1.807, 2.05) is 25.3 Å². The molecule has 1 aliphatic rings. The van der Waals surface area contributed by atoms with Crippen molar-refractivity contribution >= 4 is 5.69 Å². The maximum atomic E-state index is 9.34. The Balaban J connectivity index is 2.12. The smallest absolute Gasteiger partial charge is 0.0756 e. The van der Waals surface area contributed by atoms with Gasteiger partial charge in [-0.3, -0.25) is 4.98 Å². The number of nitrogens with two attached hydrogens (primary N) is 1. The average molecular weight is 251 g/mol. The molecule has 0 aromatic carbocycles. The fourth-order valence-corrected chi connectivity index (χ4v) is 2.14. The van der Waals surface area contributed by atoms with Gasteiger partial charge in [-0.15, -0.1) is 0 Å². The monoisotopic (exact) mass is 251 g/mol. The van der Waals surface area contributed by atoms with E-state index in [1.54, 1.807) is 0 Å². The van der Waals surface area contributed by atoms with Gasteiger partial charge in [0.15, 0.2) is 0 Å². The Hall–Kier alpha value is -1.17. The maximum absolute atomic E-state index is 9.34. The molecule has 1 fully saturated rings. The number of aliphatic hydroxyl groups excluding tert-OH is 1. The molecule has 1 aromatic rings. The summed E-state index contributed by atoms with van der Waals surface area (Å²) in [6, 6.07) is 4.00. The van der Waals surface area contributed by atoms with Gasteiger partial charge in [-0.2, -0.15) is 0 Å². The molecule has 0 spiro atoms. The van der Waals surface area contributed by atoms with E-state index in [2.05, 4.69) is 9.88 Å². The molecule has 5 heteroatoms. The fourth-order valence-electron chi connectivity index (χ4n) is 2.14. The Morgan fingerprint density at radius 1 is 1.61 bits per heavy atom. The van der Waals surface area contributed by atoms with Gasteiger partial charge < -0.3 is 20.5 Å². The Labute approximate surface area is 108 Å². The molecule has 0 aliphatic carbocycles. The maximum Gasteiger partial charge on any atom is 0.0756 e. The van der Waals surface area contributed by atoms with Crippen LogP contribution >= 0.6 is 0 Å². The third-order valence-corrected chi connectivity index (χ3v) is 3.36. The standard InChI is InChI=1S/C13H21N3O2/c1-2-12(14)13-4-3-10(7-15-13)16-5-6-18-9-11(16)8-17/h3-4,7,11-12,17H,2,5-6,8-9,14H2,1H3/t11?,12-/m1/s1. The molecule has 1 saturated heterocycles. The first-order valence-corrected chi connectivity index (χ1v) is 6.43. The second kappa shape index (κ2) is 6.13. The Morgan fingerprint density at radius 2 is 2.44 bits per heavy atom. The second-order valence-corrected chi connectivity index (χ2v) is 4.56. The molecule has 18 heavy (non-hydrogen) atoms. The van der Waals surface area contributed by atoms with Gasteiger partial charge >= 0.3 is 0 Å². The minimum Gasteiger partial charge on any atom is -0.394 e. The molecule has 0 radical (unpaired) electrons. The molecule has 0 saturated carbocycles. The van der Waals surface area contributed by atoms with Crippen molar-refractivity contribution in [3.05, 3.63) is 24.0 Å². The zero-order valence-electron chi connectivity index (χ0n) is 10.7. The summed E-state index contributed by atoms with van der Waals surface area (Å²) in [4.78, 5) is 6.54. The number of anilines is 1. The van der Waals surface area contributed by atoms with Crippen molar-refractivity contribution in [1.29, 1.82) is 0 Å². The zero-order valence-corrected chi connectivity index (χ0v) is 10.7. The number of rotatable bonds is 4. The molecule has 2 rings (SSSR count). The van der Waals surface area contributed by atoms with Crippen LogP contribution in [0.4, 0.5) is 5.69 Å². The molecule has 0 amide bonds. The third-order valence-electron chi connectivity index (χ3n) is 3.36. The number of hydrogen-bond acceptors (Lipinski definition) is 5. The Kier molecular flexibility index (Phi) is 4.52. The number of nitrogens with zero attached hydrogens (tertiary/aromatic N) is 2. The molecular formula is C13H21N3O2. The van der Waals surface area contributed by atoms with Crippen LogP contribution in [0.2, 0.25) is 0 Å². The largest absolute Gasteiger partial charge is 0.394 e. The highest BCUT2D eigenvalue weighted by Gasteiger charge is 2.22. The summed E-state index contributed by atoms with van der Waals surface area (Å²) in [7, 11) is 0. The SMILES string of the molecule is CC[C@@H](N)c1ccc(N2CCOCC2CO)cn1. The van der Waals surface area contributed by atoms with E-state index >= 15 is 0 Å². The van der Waals surface area contributed by atoms with Crippen LogP contribution in [-0.4, -0.2) is 42.5 Å². The van der Waals surface area contributed by atoms with Crippen LogP contribution in [0.5, 0.6) is 0 Å². The summed E-state index contributed by atoms with van der Waals surface area (Å²) < 4.78 is 5.36. The number of pyridine rings is 1. The van der Waals surface area contributed by atoms with Crippen LogP contribution in [0, 0.1) is 0 Å². The van der Waals surface area contributed by atoms with Gasteiger partial charge in [-0.1, -0.05) is 6.92 Å². The van der Waals surface area contributed by atoms with E-state index in [0.717, 1.165) is 24.3 Å². The van der Waals surface area contributed by atoms with Gasteiger partial charge in [0, 0.05) is 12.6 Å². The fraction of sp³-hybridized carbons (Fsp3) is 0.615. The number of aliphatic hydroxyl groups is 1. The summed E-state index contributed by atoms with van der Waals surface area (Å²) >= 11 is 0. The lowest BCUT2D eigenvalue weighted by Gasteiger charge is -2.36. The molecule has 5 nitrogen and oxygen atoms in total. The molecule has 1 aliphatic heterocycles. The van der Waals surface area contributed by atoms with E-state index in [9.17, 15) is 5.11 Å². The van der Waals surface area contributed by atoms with Crippen molar-refractivity contribution in [3.8, 4) is 0 Å². The van der Waals surface area contributed by atoms with Crippen molar-refractivity contribution in [2.24, 2.45) is 5.73 Å². The summed E-state index contributed by atoms with van der Waals surface area (Å²) in [6.45, 7) is 4.17. The summed E-state index contributed by atoms with van der Waals surface area (Å²) in [6.07, 6.45) is 2.71. The molecule has 100 valence electrons. The minimum atomic E-state index is -0.00243. The van der Waals surface area contributed by atoms with Crippen molar-refractivity contribution in [2.75, 3.05) is 31.3 Å². The molecule has 0 bridgehead atoms. The van der Waals surface area contributed by atoms with Crippen LogP contribution in [0.1, 0.15) is 25.1 Å². The quantitative estimate of drug-likeness (QED) is 0.823. The molecule has 3 N–H and O–H groups in total. The number of aromatic nitrogens is 1. The number of hydrogen-bond donors (Lipinski definition) is 2. The third kappa shape index (κ3) is 2.80. The highest BCUT2D eigenvalue weighted by molar-refractivity contribution is 5.46. The first-order valence-electron chi connectivity index (χ1n) is 6.43. The van der Waals surface area contributed by atoms with Crippen LogP contribution < -0.4 is 10.6 Å². The topological polar surface area (TPSA) is 71.6 Å². The van der Waals surface area contributed by atoms with Gasteiger partial charge in [-0.25, -0.2) is 0 Å². The molecule has 1 aromatic heterocycles. The lowest BCUT2D eigenvalue weighted by molar-refractivity contribution is 0.0727. The van der Waals surface area contributed by atoms with E-state index in [1.165, 1.54) is 0 Å². The van der Waals surface area contributed by atoms with Gasteiger partial charge in [0.05, 0.1) is 43.4 Å². The predicted octanol–water partition coefficient (Wildman–Crippen LogP) is 0.689.